The van der Waals surface area contributed by atoms with Gasteiger partial charge in [0, 0.05) is 27.2 Å². The molecule has 0 fully saturated rings. The van der Waals surface area contributed by atoms with Crippen LogP contribution in [0.25, 0.3) is 11.6 Å². The smallest absolute Gasteiger partial charge is 0.264 e. The predicted octanol–water partition coefficient (Wildman–Crippen LogP) is 4.80. The molecule has 0 saturated heterocycles. The van der Waals surface area contributed by atoms with Gasteiger partial charge in [-0.05, 0) is 31.5 Å². The SMILES string of the molecule is Cc1[nH]c(-c2nnc(C(C)C)o2)c(C)c1C(=O)c1cccc(Br)c1. The summed E-state index contributed by atoms with van der Waals surface area (Å²) in [6.45, 7) is 7.75. The van der Waals surface area contributed by atoms with Crippen LogP contribution >= 0.6 is 15.9 Å². The molecule has 0 saturated carbocycles. The topological polar surface area (TPSA) is 71.8 Å². The minimum atomic E-state index is -0.0302. The van der Waals surface area contributed by atoms with Gasteiger partial charge in [0.15, 0.2) is 5.78 Å². The van der Waals surface area contributed by atoms with E-state index in [1.807, 2.05) is 52.0 Å². The summed E-state index contributed by atoms with van der Waals surface area (Å²) in [5.41, 5.74) is 3.58. The van der Waals surface area contributed by atoms with Crippen molar-refractivity contribution in [3.05, 3.63) is 57.0 Å². The molecule has 0 unspecified atom stereocenters. The van der Waals surface area contributed by atoms with Crippen LogP contribution < -0.4 is 0 Å². The molecule has 0 amide bonds. The normalized spacial score (nSPS) is 11.2. The van der Waals surface area contributed by atoms with Gasteiger partial charge in [-0.1, -0.05) is 41.9 Å². The van der Waals surface area contributed by atoms with Crippen molar-refractivity contribution in [2.45, 2.75) is 33.6 Å². The van der Waals surface area contributed by atoms with E-state index >= 15 is 0 Å². The highest BCUT2D eigenvalue weighted by atomic mass is 79.9. The molecule has 0 bridgehead atoms. The van der Waals surface area contributed by atoms with Gasteiger partial charge in [0.2, 0.25) is 5.89 Å². The van der Waals surface area contributed by atoms with Crippen molar-refractivity contribution >= 4 is 21.7 Å². The summed E-state index contributed by atoms with van der Waals surface area (Å²) < 4.78 is 6.59. The number of rotatable bonds is 4. The van der Waals surface area contributed by atoms with Gasteiger partial charge in [-0.25, -0.2) is 0 Å². The second-order valence-electron chi connectivity index (χ2n) is 6.06. The number of ketones is 1. The Hall–Kier alpha value is -2.21. The molecule has 3 rings (SSSR count). The molecule has 1 N–H and O–H groups in total. The fraction of sp³-hybridized carbons (Fsp3) is 0.278. The van der Waals surface area contributed by atoms with Gasteiger partial charge in [-0.15, -0.1) is 10.2 Å². The summed E-state index contributed by atoms with van der Waals surface area (Å²) in [5.74, 6) is 1.12. The maximum absolute atomic E-state index is 12.9. The lowest BCUT2D eigenvalue weighted by atomic mass is 10.00. The number of H-pyrrole nitrogens is 1. The monoisotopic (exact) mass is 387 g/mol. The van der Waals surface area contributed by atoms with Gasteiger partial charge in [0.1, 0.15) is 5.69 Å². The quantitative estimate of drug-likeness (QED) is 0.652. The Balaban J connectivity index is 2.04. The Labute approximate surface area is 148 Å². The highest BCUT2D eigenvalue weighted by Gasteiger charge is 2.23. The molecular formula is C18H18BrN3O2. The van der Waals surface area contributed by atoms with Crippen LogP contribution in [-0.2, 0) is 0 Å². The Morgan fingerprint density at radius 1 is 1.25 bits per heavy atom. The molecule has 0 radical (unpaired) electrons. The number of aromatic nitrogens is 3. The summed E-state index contributed by atoms with van der Waals surface area (Å²) >= 11 is 3.40. The van der Waals surface area contributed by atoms with Crippen LogP contribution in [0, 0.1) is 13.8 Å². The number of nitrogens with zero attached hydrogens (tertiary/aromatic N) is 2. The highest BCUT2D eigenvalue weighted by molar-refractivity contribution is 9.10. The first-order valence-electron chi connectivity index (χ1n) is 7.71. The third kappa shape index (κ3) is 2.94. The van der Waals surface area contributed by atoms with Crippen molar-refractivity contribution < 1.29 is 9.21 Å². The van der Waals surface area contributed by atoms with Gasteiger partial charge < -0.3 is 9.40 Å². The van der Waals surface area contributed by atoms with Crippen molar-refractivity contribution in [3.8, 4) is 11.6 Å². The molecule has 24 heavy (non-hydrogen) atoms. The maximum Gasteiger partial charge on any atom is 0.264 e. The van der Waals surface area contributed by atoms with E-state index < -0.39 is 0 Å². The van der Waals surface area contributed by atoms with Crippen LogP contribution in [-0.4, -0.2) is 21.0 Å². The number of aromatic amines is 1. The zero-order valence-corrected chi connectivity index (χ0v) is 15.6. The molecule has 1 aromatic carbocycles. The third-order valence-electron chi connectivity index (χ3n) is 3.90. The zero-order valence-electron chi connectivity index (χ0n) is 14.0. The molecule has 0 spiro atoms. The maximum atomic E-state index is 12.9. The summed E-state index contributed by atoms with van der Waals surface area (Å²) in [6.07, 6.45) is 0. The number of nitrogens with one attached hydrogen (secondary N) is 1. The molecule has 0 aliphatic carbocycles. The first kappa shape index (κ1) is 16.6. The van der Waals surface area contributed by atoms with Crippen LogP contribution in [0.3, 0.4) is 0 Å². The number of carbonyl (C=O) groups is 1. The second kappa shape index (κ2) is 6.36. The Morgan fingerprint density at radius 3 is 2.62 bits per heavy atom. The van der Waals surface area contributed by atoms with Crippen LogP contribution in [0.1, 0.15) is 52.8 Å². The molecule has 0 aliphatic heterocycles. The average molecular weight is 388 g/mol. The molecule has 2 heterocycles. The van der Waals surface area contributed by atoms with E-state index in [0.29, 0.717) is 28.6 Å². The number of aryl methyl sites for hydroxylation is 1. The molecule has 0 aliphatic rings. The van der Waals surface area contributed by atoms with Crippen molar-refractivity contribution in [1.82, 2.24) is 15.2 Å². The number of carbonyl (C=O) groups excluding carboxylic acids is 1. The predicted molar refractivity (Wildman–Crippen MR) is 95.2 cm³/mol. The van der Waals surface area contributed by atoms with Gasteiger partial charge in [0.05, 0.1) is 0 Å². The Morgan fingerprint density at radius 2 is 2.00 bits per heavy atom. The van der Waals surface area contributed by atoms with E-state index in [-0.39, 0.29) is 11.7 Å². The van der Waals surface area contributed by atoms with Gasteiger partial charge in [-0.2, -0.15) is 0 Å². The number of hydrogen-bond donors (Lipinski definition) is 1. The summed E-state index contributed by atoms with van der Waals surface area (Å²) in [4.78, 5) is 16.1. The van der Waals surface area contributed by atoms with Crippen molar-refractivity contribution in [2.24, 2.45) is 0 Å². The first-order chi connectivity index (χ1) is 11.4. The molecule has 3 aromatic rings. The summed E-state index contributed by atoms with van der Waals surface area (Å²) in [6, 6.07) is 7.37. The molecule has 6 heteroatoms. The summed E-state index contributed by atoms with van der Waals surface area (Å²) in [5, 5.41) is 8.16. The van der Waals surface area contributed by atoms with E-state index in [1.54, 1.807) is 0 Å². The van der Waals surface area contributed by atoms with Crippen molar-refractivity contribution in [3.63, 3.8) is 0 Å². The van der Waals surface area contributed by atoms with Crippen LogP contribution in [0.5, 0.6) is 0 Å². The van der Waals surface area contributed by atoms with E-state index in [2.05, 4.69) is 31.1 Å². The minimum Gasteiger partial charge on any atom is -0.419 e. The van der Waals surface area contributed by atoms with E-state index in [4.69, 9.17) is 4.42 Å². The molecule has 124 valence electrons. The van der Waals surface area contributed by atoms with Crippen molar-refractivity contribution in [2.75, 3.05) is 0 Å². The van der Waals surface area contributed by atoms with Gasteiger partial charge in [-0.3, -0.25) is 4.79 Å². The number of benzene rings is 1. The van der Waals surface area contributed by atoms with Crippen molar-refractivity contribution in [1.29, 1.82) is 0 Å². The number of hydrogen-bond acceptors (Lipinski definition) is 4. The second-order valence-corrected chi connectivity index (χ2v) is 6.98. The average Bonchev–Trinajstić information content (AvgIpc) is 3.12. The Bertz CT molecular complexity index is 909. The molecule has 5 nitrogen and oxygen atoms in total. The largest absolute Gasteiger partial charge is 0.419 e. The Kier molecular flexibility index (Phi) is 4.41. The van der Waals surface area contributed by atoms with Gasteiger partial charge >= 0.3 is 0 Å². The highest BCUT2D eigenvalue weighted by Crippen LogP contribution is 2.29. The zero-order chi connectivity index (χ0) is 17.4. The fourth-order valence-corrected chi connectivity index (χ4v) is 3.05. The minimum absolute atomic E-state index is 0.0302. The van der Waals surface area contributed by atoms with E-state index in [9.17, 15) is 4.79 Å². The van der Waals surface area contributed by atoms with Crippen LogP contribution in [0.2, 0.25) is 0 Å². The molecular weight excluding hydrogens is 370 g/mol. The lowest BCUT2D eigenvalue weighted by Crippen LogP contribution is -2.03. The molecule has 0 atom stereocenters. The lowest BCUT2D eigenvalue weighted by Gasteiger charge is -2.03. The molecule has 2 aromatic heterocycles. The van der Waals surface area contributed by atoms with Gasteiger partial charge in [0.25, 0.3) is 5.89 Å². The van der Waals surface area contributed by atoms with Crippen LogP contribution in [0.4, 0.5) is 0 Å². The lowest BCUT2D eigenvalue weighted by molar-refractivity contribution is 0.103. The fourth-order valence-electron chi connectivity index (χ4n) is 2.65. The van der Waals surface area contributed by atoms with E-state index in [1.165, 1.54) is 0 Å². The van der Waals surface area contributed by atoms with E-state index in [0.717, 1.165) is 15.7 Å². The standard InChI is InChI=1S/C18H18BrN3O2/c1-9(2)17-21-22-18(24-17)15-10(3)14(11(4)20-15)16(23)12-6-5-7-13(19)8-12/h5-9,20H,1-4H3. The third-order valence-corrected chi connectivity index (χ3v) is 4.39. The number of halogens is 1. The van der Waals surface area contributed by atoms with Crippen LogP contribution in [0.15, 0.2) is 33.2 Å². The first-order valence-corrected chi connectivity index (χ1v) is 8.51. The summed E-state index contributed by atoms with van der Waals surface area (Å²) in [7, 11) is 0.